The predicted octanol–water partition coefficient (Wildman–Crippen LogP) is 4.70. The molecule has 1 N–H and O–H groups in total. The van der Waals surface area contributed by atoms with E-state index in [0.29, 0.717) is 19.0 Å². The zero-order chi connectivity index (χ0) is 20.8. The molecule has 0 atom stereocenters. The summed E-state index contributed by atoms with van der Waals surface area (Å²) in [4.78, 5) is 8.91. The highest BCUT2D eigenvalue weighted by Crippen LogP contribution is 2.30. The normalized spacial score (nSPS) is 12.7. The highest BCUT2D eigenvalue weighted by molar-refractivity contribution is 6.18. The molecule has 1 aliphatic rings. The van der Waals surface area contributed by atoms with Gasteiger partial charge in [-0.15, -0.1) is 0 Å². The van der Waals surface area contributed by atoms with Crippen LogP contribution >= 0.6 is 0 Å². The first kappa shape index (κ1) is 19.6. The molecule has 1 aliphatic heterocycles. The van der Waals surface area contributed by atoms with Crippen LogP contribution in [0, 0.1) is 0 Å². The van der Waals surface area contributed by atoms with E-state index >= 15 is 0 Å². The Morgan fingerprint density at radius 2 is 1.60 bits per heavy atom. The Labute approximate surface area is 176 Å². The van der Waals surface area contributed by atoms with Crippen LogP contribution in [0.15, 0.2) is 77.1 Å². The zero-order valence-electron chi connectivity index (χ0n) is 17.1. The van der Waals surface area contributed by atoms with Gasteiger partial charge in [0.1, 0.15) is 17.2 Å². The molecule has 6 nitrogen and oxygen atoms in total. The van der Waals surface area contributed by atoms with Crippen LogP contribution in [0.25, 0.3) is 0 Å². The maximum absolute atomic E-state index is 5.72. The largest absolute Gasteiger partial charge is 0.494 e. The lowest BCUT2D eigenvalue weighted by molar-refractivity contribution is 0.317. The third-order valence-electron chi connectivity index (χ3n) is 4.59. The molecule has 0 saturated carbocycles. The van der Waals surface area contributed by atoms with Gasteiger partial charge < -0.3 is 9.47 Å². The van der Waals surface area contributed by atoms with Crippen molar-refractivity contribution in [3.63, 3.8) is 0 Å². The molecule has 0 fully saturated rings. The van der Waals surface area contributed by atoms with Crippen molar-refractivity contribution in [2.45, 2.75) is 20.3 Å². The van der Waals surface area contributed by atoms with E-state index in [4.69, 9.17) is 19.6 Å². The number of rotatable bonds is 7. The second-order valence-electron chi connectivity index (χ2n) is 6.75. The van der Waals surface area contributed by atoms with E-state index in [0.717, 1.165) is 46.0 Å². The molecule has 4 rings (SSSR count). The summed E-state index contributed by atoms with van der Waals surface area (Å²) in [5.41, 5.74) is 7.53. The average Bonchev–Trinajstić information content (AvgIpc) is 2.98. The van der Waals surface area contributed by atoms with Crippen molar-refractivity contribution in [3.8, 4) is 11.5 Å². The Morgan fingerprint density at radius 3 is 2.33 bits per heavy atom. The number of amidine groups is 1. The van der Waals surface area contributed by atoms with Gasteiger partial charge in [0.2, 0.25) is 0 Å². The summed E-state index contributed by atoms with van der Waals surface area (Å²) in [7, 11) is 0. The monoisotopic (exact) mass is 400 g/mol. The fourth-order valence-corrected chi connectivity index (χ4v) is 3.16. The van der Waals surface area contributed by atoms with Crippen molar-refractivity contribution < 1.29 is 9.47 Å². The summed E-state index contributed by atoms with van der Waals surface area (Å²) < 4.78 is 11.4. The Hall–Kier alpha value is -3.67. The molecule has 3 aromatic rings. The summed E-state index contributed by atoms with van der Waals surface area (Å²) >= 11 is 0. The van der Waals surface area contributed by atoms with Crippen molar-refractivity contribution >= 4 is 17.2 Å². The van der Waals surface area contributed by atoms with Gasteiger partial charge in [-0.25, -0.2) is 4.99 Å². The summed E-state index contributed by atoms with van der Waals surface area (Å²) in [5.74, 6) is 2.30. The number of hydrogen-bond donors (Lipinski definition) is 1. The molecule has 0 radical (unpaired) electrons. The maximum Gasteiger partial charge on any atom is 0.154 e. The Morgan fingerprint density at radius 1 is 0.833 bits per heavy atom. The van der Waals surface area contributed by atoms with E-state index in [1.54, 1.807) is 12.4 Å². The summed E-state index contributed by atoms with van der Waals surface area (Å²) in [6, 6.07) is 17.6. The van der Waals surface area contributed by atoms with Gasteiger partial charge in [-0.2, -0.15) is 5.10 Å². The van der Waals surface area contributed by atoms with Crippen molar-refractivity contribution in [3.05, 3.63) is 83.7 Å². The van der Waals surface area contributed by atoms with E-state index in [-0.39, 0.29) is 0 Å². The molecule has 0 spiro atoms. The van der Waals surface area contributed by atoms with E-state index in [1.807, 2.05) is 61.5 Å². The molecule has 2 aromatic carbocycles. The van der Waals surface area contributed by atoms with Crippen molar-refractivity contribution in [1.82, 2.24) is 10.4 Å². The van der Waals surface area contributed by atoms with E-state index in [1.165, 1.54) is 0 Å². The molecular formula is C24H24N4O2. The second-order valence-corrected chi connectivity index (χ2v) is 6.75. The lowest BCUT2D eigenvalue weighted by atomic mass is 10.0. The van der Waals surface area contributed by atoms with E-state index < -0.39 is 0 Å². The highest BCUT2D eigenvalue weighted by atomic mass is 16.5. The van der Waals surface area contributed by atoms with Gasteiger partial charge in [-0.1, -0.05) is 6.92 Å². The third kappa shape index (κ3) is 4.33. The molecule has 1 aromatic heterocycles. The standard InChI is InChI=1S/C24H24N4O2/c1-3-15-30-19-7-5-17(6-8-19)23-21-16-20(29-4-2)9-10-22(21)26-24(28-27-23)18-11-13-25-14-12-18/h5-14,16H,3-4,15H2,1-2H3,(H,26,28). The first-order chi connectivity index (χ1) is 14.8. The quantitative estimate of drug-likeness (QED) is 0.624. The number of pyridine rings is 1. The number of aromatic nitrogens is 1. The first-order valence-corrected chi connectivity index (χ1v) is 10.1. The predicted molar refractivity (Wildman–Crippen MR) is 119 cm³/mol. The van der Waals surface area contributed by atoms with Crippen LogP contribution in [0.4, 0.5) is 5.69 Å². The Bertz CT molecular complexity index is 1060. The van der Waals surface area contributed by atoms with E-state index in [2.05, 4.69) is 17.3 Å². The van der Waals surface area contributed by atoms with Gasteiger partial charge in [-0.3, -0.25) is 10.4 Å². The van der Waals surface area contributed by atoms with E-state index in [9.17, 15) is 0 Å². The Balaban J connectivity index is 1.76. The minimum absolute atomic E-state index is 0.596. The first-order valence-electron chi connectivity index (χ1n) is 10.1. The molecule has 30 heavy (non-hydrogen) atoms. The van der Waals surface area contributed by atoms with Crippen LogP contribution in [0.5, 0.6) is 11.5 Å². The molecule has 2 heterocycles. The number of benzene rings is 2. The fourth-order valence-electron chi connectivity index (χ4n) is 3.16. The van der Waals surface area contributed by atoms with Crippen LogP contribution < -0.4 is 14.9 Å². The summed E-state index contributed by atoms with van der Waals surface area (Å²) in [6.45, 7) is 5.36. The van der Waals surface area contributed by atoms with Crippen molar-refractivity contribution in [1.29, 1.82) is 0 Å². The Kier molecular flexibility index (Phi) is 6.03. The molecule has 0 aliphatic carbocycles. The number of fused-ring (bicyclic) bond motifs is 1. The molecule has 0 saturated heterocycles. The minimum atomic E-state index is 0.596. The molecule has 6 heteroatoms. The van der Waals surface area contributed by atoms with Crippen LogP contribution in [0.2, 0.25) is 0 Å². The molecular weight excluding hydrogens is 376 g/mol. The number of aliphatic imine (C=N–C) groups is 1. The maximum atomic E-state index is 5.72. The zero-order valence-corrected chi connectivity index (χ0v) is 17.1. The van der Waals surface area contributed by atoms with Gasteiger partial charge in [-0.05, 0) is 67.9 Å². The number of nitrogens with one attached hydrogen (secondary N) is 1. The van der Waals surface area contributed by atoms with Gasteiger partial charge in [0.25, 0.3) is 0 Å². The number of hydrazone groups is 1. The number of ether oxygens (including phenoxy) is 2. The molecule has 0 unspecified atom stereocenters. The number of nitrogens with zero attached hydrogens (tertiary/aromatic N) is 3. The number of hydrogen-bond acceptors (Lipinski definition) is 6. The molecule has 0 bridgehead atoms. The van der Waals surface area contributed by atoms with Gasteiger partial charge in [0, 0.05) is 29.1 Å². The van der Waals surface area contributed by atoms with Crippen LogP contribution in [0.3, 0.4) is 0 Å². The topological polar surface area (TPSA) is 68.1 Å². The highest BCUT2D eigenvalue weighted by Gasteiger charge is 2.18. The lowest BCUT2D eigenvalue weighted by Gasteiger charge is -2.11. The van der Waals surface area contributed by atoms with Crippen LogP contribution in [-0.2, 0) is 0 Å². The fraction of sp³-hybridized carbons (Fsp3) is 0.208. The third-order valence-corrected chi connectivity index (χ3v) is 4.59. The SMILES string of the molecule is CCCOc1ccc(C2=NNC(c3ccncc3)=Nc3ccc(OCC)cc32)cc1. The van der Waals surface area contributed by atoms with Crippen LogP contribution in [-0.4, -0.2) is 29.7 Å². The average molecular weight is 400 g/mol. The van der Waals surface area contributed by atoms with Gasteiger partial charge in [0.05, 0.1) is 18.9 Å². The van der Waals surface area contributed by atoms with Crippen molar-refractivity contribution in [2.24, 2.45) is 10.1 Å². The van der Waals surface area contributed by atoms with Crippen LogP contribution in [0.1, 0.15) is 37.0 Å². The minimum Gasteiger partial charge on any atom is -0.494 e. The molecule has 152 valence electrons. The molecule has 0 amide bonds. The van der Waals surface area contributed by atoms with Crippen molar-refractivity contribution in [2.75, 3.05) is 13.2 Å². The lowest BCUT2D eigenvalue weighted by Crippen LogP contribution is -2.19. The second kappa shape index (κ2) is 9.22. The van der Waals surface area contributed by atoms with Gasteiger partial charge >= 0.3 is 0 Å². The summed E-state index contributed by atoms with van der Waals surface area (Å²) in [6.07, 6.45) is 4.45. The van der Waals surface area contributed by atoms with Gasteiger partial charge in [0.15, 0.2) is 5.84 Å². The summed E-state index contributed by atoms with van der Waals surface area (Å²) in [5, 5.41) is 4.70. The smallest absolute Gasteiger partial charge is 0.154 e.